The van der Waals surface area contributed by atoms with Crippen molar-refractivity contribution >= 4 is 17.7 Å². The Morgan fingerprint density at radius 3 is 2.15 bits per heavy atom. The Labute approximate surface area is 118 Å². The minimum atomic E-state index is -0.411. The summed E-state index contributed by atoms with van der Waals surface area (Å²) in [5.74, 6) is -0.523. The van der Waals surface area contributed by atoms with Gasteiger partial charge in [-0.1, -0.05) is 17.7 Å². The van der Waals surface area contributed by atoms with E-state index >= 15 is 0 Å². The smallest absolute Gasteiger partial charge is 0.318 e. The highest BCUT2D eigenvalue weighted by Crippen LogP contribution is 2.18. The molecule has 0 N–H and O–H groups in total. The number of urea groups is 1. The van der Waals surface area contributed by atoms with Gasteiger partial charge in [0.2, 0.25) is 0 Å². The lowest BCUT2D eigenvalue weighted by atomic mass is 9.96. The molecule has 2 rings (SSSR count). The molecular weight excluding hydrogens is 256 g/mol. The molecule has 1 saturated heterocycles. The number of nitrogens with zero attached hydrogens (tertiary/aromatic N) is 2. The normalized spacial score (nSPS) is 15.2. The van der Waals surface area contributed by atoms with Crippen LogP contribution in [0, 0.1) is 20.8 Å². The van der Waals surface area contributed by atoms with Crippen molar-refractivity contribution in [1.82, 2.24) is 9.80 Å². The third-order valence-electron chi connectivity index (χ3n) is 3.49. The van der Waals surface area contributed by atoms with Gasteiger partial charge >= 0.3 is 6.03 Å². The molecule has 1 aliphatic rings. The molecule has 3 amide bonds. The zero-order chi connectivity index (χ0) is 15.0. The van der Waals surface area contributed by atoms with Crippen molar-refractivity contribution in [3.63, 3.8) is 0 Å². The summed E-state index contributed by atoms with van der Waals surface area (Å²) in [5, 5.41) is 0. The van der Waals surface area contributed by atoms with Crippen LogP contribution in [0.5, 0.6) is 0 Å². The van der Waals surface area contributed by atoms with E-state index in [-0.39, 0.29) is 24.8 Å². The number of imide groups is 1. The lowest BCUT2D eigenvalue weighted by Gasteiger charge is -2.15. The molecule has 0 atom stereocenters. The van der Waals surface area contributed by atoms with Crippen molar-refractivity contribution in [2.24, 2.45) is 0 Å². The minimum absolute atomic E-state index is 0.0397. The van der Waals surface area contributed by atoms with E-state index in [0.29, 0.717) is 5.56 Å². The number of hydrogen-bond acceptors (Lipinski definition) is 3. The number of rotatable bonds is 3. The number of carbonyl (C=O) groups excluding carboxylic acids is 3. The van der Waals surface area contributed by atoms with E-state index in [1.165, 1.54) is 4.90 Å². The highest BCUT2D eigenvalue weighted by molar-refractivity contribution is 6.08. The van der Waals surface area contributed by atoms with Crippen LogP contribution in [0.1, 0.15) is 27.0 Å². The molecule has 1 aliphatic heterocycles. The molecule has 106 valence electrons. The first-order valence-electron chi connectivity index (χ1n) is 6.47. The summed E-state index contributed by atoms with van der Waals surface area (Å²) in [5.41, 5.74) is 3.44. The number of likely N-dealkylation sites (N-methyl/N-ethyl adjacent to an activating group) is 1. The van der Waals surface area contributed by atoms with E-state index in [1.807, 2.05) is 32.9 Å². The van der Waals surface area contributed by atoms with Crippen LogP contribution in [0.2, 0.25) is 0 Å². The first-order chi connectivity index (χ1) is 9.31. The average molecular weight is 274 g/mol. The van der Waals surface area contributed by atoms with Gasteiger partial charge in [0.15, 0.2) is 5.78 Å². The van der Waals surface area contributed by atoms with Crippen molar-refractivity contribution in [2.75, 3.05) is 20.1 Å². The molecule has 0 aromatic heterocycles. The highest BCUT2D eigenvalue weighted by Gasteiger charge is 2.35. The van der Waals surface area contributed by atoms with Gasteiger partial charge in [0.05, 0.1) is 6.54 Å². The zero-order valence-electron chi connectivity index (χ0n) is 12.2. The Hall–Kier alpha value is -2.17. The molecular formula is C15H18N2O3. The first-order valence-corrected chi connectivity index (χ1v) is 6.47. The van der Waals surface area contributed by atoms with E-state index in [4.69, 9.17) is 0 Å². The summed E-state index contributed by atoms with van der Waals surface area (Å²) < 4.78 is 0. The molecule has 5 nitrogen and oxygen atoms in total. The third kappa shape index (κ3) is 2.43. The number of hydrogen-bond donors (Lipinski definition) is 0. The fraction of sp³-hybridized carbons (Fsp3) is 0.400. The van der Waals surface area contributed by atoms with Crippen molar-refractivity contribution in [3.8, 4) is 0 Å². The number of benzene rings is 1. The van der Waals surface area contributed by atoms with E-state index in [0.717, 1.165) is 21.6 Å². The Morgan fingerprint density at radius 1 is 1.15 bits per heavy atom. The van der Waals surface area contributed by atoms with Crippen molar-refractivity contribution in [2.45, 2.75) is 20.8 Å². The molecule has 5 heteroatoms. The van der Waals surface area contributed by atoms with Crippen LogP contribution in [0.4, 0.5) is 4.79 Å². The topological polar surface area (TPSA) is 57.7 Å². The van der Waals surface area contributed by atoms with Crippen LogP contribution in [-0.4, -0.2) is 47.7 Å². The van der Waals surface area contributed by atoms with Gasteiger partial charge in [-0.2, -0.15) is 0 Å². The van der Waals surface area contributed by atoms with Crippen molar-refractivity contribution in [3.05, 3.63) is 34.4 Å². The summed E-state index contributed by atoms with van der Waals surface area (Å²) in [7, 11) is 1.55. The largest absolute Gasteiger partial charge is 0.327 e. The van der Waals surface area contributed by atoms with Gasteiger partial charge in [0.1, 0.15) is 6.54 Å². The molecule has 0 radical (unpaired) electrons. The van der Waals surface area contributed by atoms with Crippen LogP contribution < -0.4 is 0 Å². The maximum Gasteiger partial charge on any atom is 0.327 e. The summed E-state index contributed by atoms with van der Waals surface area (Å²) in [6.45, 7) is 5.56. The monoisotopic (exact) mass is 274 g/mol. The second kappa shape index (κ2) is 5.07. The lowest BCUT2D eigenvalue weighted by Crippen LogP contribution is -2.36. The number of amides is 3. The van der Waals surface area contributed by atoms with Gasteiger partial charge in [0.25, 0.3) is 5.91 Å². The van der Waals surface area contributed by atoms with E-state index in [1.54, 1.807) is 7.05 Å². The van der Waals surface area contributed by atoms with Crippen LogP contribution in [0.25, 0.3) is 0 Å². The summed E-state index contributed by atoms with van der Waals surface area (Å²) in [6.07, 6.45) is 0. The van der Waals surface area contributed by atoms with Crippen molar-refractivity contribution < 1.29 is 14.4 Å². The van der Waals surface area contributed by atoms with Gasteiger partial charge in [-0.3, -0.25) is 14.5 Å². The van der Waals surface area contributed by atoms with Crippen LogP contribution in [0.15, 0.2) is 12.1 Å². The Bertz CT molecular complexity index is 584. The van der Waals surface area contributed by atoms with Gasteiger partial charge < -0.3 is 4.90 Å². The maximum absolute atomic E-state index is 12.4. The standard InChI is InChI=1S/C15H18N2O3/c1-9-5-10(2)14(11(3)6-9)12(18)7-17-13(19)8-16(4)15(17)20/h5-6H,7-8H2,1-4H3. The molecule has 1 aromatic rings. The molecule has 1 fully saturated rings. The number of carbonyl (C=O) groups is 3. The predicted octanol–water partition coefficient (Wildman–Crippen LogP) is 1.69. The van der Waals surface area contributed by atoms with Gasteiger partial charge in [-0.25, -0.2) is 4.79 Å². The Kier molecular flexibility index (Phi) is 3.61. The van der Waals surface area contributed by atoms with Crippen molar-refractivity contribution in [1.29, 1.82) is 0 Å². The third-order valence-corrected chi connectivity index (χ3v) is 3.49. The van der Waals surface area contributed by atoms with Gasteiger partial charge in [-0.15, -0.1) is 0 Å². The molecule has 1 aromatic carbocycles. The molecule has 0 aliphatic carbocycles. The van der Waals surface area contributed by atoms with Crippen LogP contribution in [-0.2, 0) is 4.79 Å². The molecule has 1 heterocycles. The fourth-order valence-electron chi connectivity index (χ4n) is 2.67. The average Bonchev–Trinajstić information content (AvgIpc) is 2.54. The Balaban J connectivity index is 2.26. The van der Waals surface area contributed by atoms with Crippen LogP contribution in [0.3, 0.4) is 0 Å². The predicted molar refractivity (Wildman–Crippen MR) is 74.7 cm³/mol. The van der Waals surface area contributed by atoms with Gasteiger partial charge in [0, 0.05) is 12.6 Å². The van der Waals surface area contributed by atoms with E-state index < -0.39 is 6.03 Å². The van der Waals surface area contributed by atoms with Gasteiger partial charge in [-0.05, 0) is 31.9 Å². The lowest BCUT2D eigenvalue weighted by molar-refractivity contribution is -0.125. The molecule has 20 heavy (non-hydrogen) atoms. The number of aryl methyl sites for hydroxylation is 3. The number of ketones is 1. The SMILES string of the molecule is Cc1cc(C)c(C(=O)CN2C(=O)CN(C)C2=O)c(C)c1. The van der Waals surface area contributed by atoms with E-state index in [9.17, 15) is 14.4 Å². The summed E-state index contributed by atoms with van der Waals surface area (Å²) >= 11 is 0. The fourth-order valence-corrected chi connectivity index (χ4v) is 2.67. The maximum atomic E-state index is 12.4. The minimum Gasteiger partial charge on any atom is -0.318 e. The van der Waals surface area contributed by atoms with Crippen LogP contribution >= 0.6 is 0 Å². The summed E-state index contributed by atoms with van der Waals surface area (Å²) in [6, 6.07) is 3.45. The summed E-state index contributed by atoms with van der Waals surface area (Å²) in [4.78, 5) is 38.2. The second-order valence-corrected chi connectivity index (χ2v) is 5.32. The van der Waals surface area contributed by atoms with E-state index in [2.05, 4.69) is 0 Å². The molecule has 0 spiro atoms. The molecule has 0 saturated carbocycles. The zero-order valence-corrected chi connectivity index (χ0v) is 12.2. The number of Topliss-reactive ketones (excluding diaryl/α,β-unsaturated/α-hetero) is 1. The molecule has 0 unspecified atom stereocenters. The first kappa shape index (κ1) is 14.2. The Morgan fingerprint density at radius 2 is 1.70 bits per heavy atom. The second-order valence-electron chi connectivity index (χ2n) is 5.32. The molecule has 0 bridgehead atoms. The highest BCUT2D eigenvalue weighted by atomic mass is 16.2. The quantitative estimate of drug-likeness (QED) is 0.622.